The van der Waals surface area contributed by atoms with Gasteiger partial charge in [0.05, 0.1) is 0 Å². The van der Waals surface area contributed by atoms with Crippen LogP contribution in [0.25, 0.3) is 0 Å². The molecule has 0 aromatic carbocycles. The fourth-order valence-corrected chi connectivity index (χ4v) is 1.49. The number of hydrogen-bond donors (Lipinski definition) is 0. The summed E-state index contributed by atoms with van der Waals surface area (Å²) in [5.41, 5.74) is 0. The summed E-state index contributed by atoms with van der Waals surface area (Å²) in [5.74, 6) is 0. The maximum Gasteiger partial charge on any atom is -0.0316 e. The van der Waals surface area contributed by atoms with Gasteiger partial charge in [0, 0.05) is 0 Å². The molecule has 86 valence electrons. The Bertz CT molecular complexity index is 174. The van der Waals surface area contributed by atoms with Crippen LogP contribution in [-0.2, 0) is 0 Å². The number of rotatable bonds is 10. The van der Waals surface area contributed by atoms with E-state index in [-0.39, 0.29) is 0 Å². The van der Waals surface area contributed by atoms with Gasteiger partial charge in [-0.15, -0.1) is 6.58 Å². The van der Waals surface area contributed by atoms with Crippen molar-refractivity contribution in [1.29, 1.82) is 0 Å². The molecule has 0 rings (SSSR count). The van der Waals surface area contributed by atoms with E-state index < -0.39 is 0 Å². The van der Waals surface area contributed by atoms with Crippen molar-refractivity contribution in [3.63, 3.8) is 0 Å². The van der Waals surface area contributed by atoms with Crippen molar-refractivity contribution in [2.75, 3.05) is 0 Å². The van der Waals surface area contributed by atoms with E-state index in [0.717, 1.165) is 12.8 Å². The lowest BCUT2D eigenvalue weighted by molar-refractivity contribution is 0.651. The van der Waals surface area contributed by atoms with Gasteiger partial charge in [0.25, 0.3) is 0 Å². The Balaban J connectivity index is 3.04. The molecule has 0 spiro atoms. The smallest absolute Gasteiger partial charge is 0.0316 e. The molecule has 0 aliphatic rings. The zero-order chi connectivity index (χ0) is 11.2. The van der Waals surface area contributed by atoms with Crippen LogP contribution >= 0.6 is 0 Å². The van der Waals surface area contributed by atoms with E-state index in [9.17, 15) is 0 Å². The van der Waals surface area contributed by atoms with Gasteiger partial charge in [-0.3, -0.25) is 0 Å². The van der Waals surface area contributed by atoms with Gasteiger partial charge in [0.1, 0.15) is 0 Å². The summed E-state index contributed by atoms with van der Waals surface area (Å²) >= 11 is 0. The average molecular weight is 206 g/mol. The zero-order valence-electron chi connectivity index (χ0n) is 10.3. The molecule has 0 heteroatoms. The largest absolute Gasteiger partial charge is 0.103 e. The summed E-state index contributed by atoms with van der Waals surface area (Å²) in [6.45, 7) is 5.80. The second-order valence-corrected chi connectivity index (χ2v) is 3.90. The Labute approximate surface area is 95.8 Å². The van der Waals surface area contributed by atoms with Gasteiger partial charge < -0.3 is 0 Å². The van der Waals surface area contributed by atoms with E-state index in [1.165, 1.54) is 38.5 Å². The number of hydrogen-bond acceptors (Lipinski definition) is 0. The van der Waals surface area contributed by atoms with Gasteiger partial charge >= 0.3 is 0 Å². The third kappa shape index (κ3) is 13.2. The monoisotopic (exact) mass is 206 g/mol. The normalized spacial score (nSPS) is 11.5. The van der Waals surface area contributed by atoms with Crippen molar-refractivity contribution in [2.45, 2.75) is 58.3 Å². The lowest BCUT2D eigenvalue weighted by Crippen LogP contribution is -1.76. The van der Waals surface area contributed by atoms with Crippen LogP contribution in [0.5, 0.6) is 0 Å². The molecule has 0 fully saturated rings. The first-order valence-electron chi connectivity index (χ1n) is 6.29. The molecule has 0 nitrogen and oxygen atoms in total. The molecule has 0 aliphatic heterocycles. The van der Waals surface area contributed by atoms with E-state index in [2.05, 4.69) is 37.8 Å². The molecule has 0 atom stereocenters. The molecular formula is C15H26. The Morgan fingerprint density at radius 3 is 1.93 bits per heavy atom. The first-order chi connectivity index (χ1) is 7.41. The van der Waals surface area contributed by atoms with Crippen LogP contribution in [0.2, 0.25) is 0 Å². The van der Waals surface area contributed by atoms with Gasteiger partial charge in [0.2, 0.25) is 0 Å². The van der Waals surface area contributed by atoms with Crippen LogP contribution in [0.3, 0.4) is 0 Å². The summed E-state index contributed by atoms with van der Waals surface area (Å²) in [7, 11) is 0. The van der Waals surface area contributed by atoms with Crippen LogP contribution in [0.1, 0.15) is 58.3 Å². The molecule has 0 unspecified atom stereocenters. The first-order valence-corrected chi connectivity index (χ1v) is 6.29. The summed E-state index contributed by atoms with van der Waals surface area (Å²) in [5, 5.41) is 0. The van der Waals surface area contributed by atoms with Crippen LogP contribution in [-0.4, -0.2) is 0 Å². The van der Waals surface area contributed by atoms with Crippen molar-refractivity contribution in [2.24, 2.45) is 0 Å². The molecule has 0 radical (unpaired) electrons. The van der Waals surface area contributed by atoms with Gasteiger partial charge in [-0.2, -0.15) is 0 Å². The van der Waals surface area contributed by atoms with E-state index in [1.807, 2.05) is 6.08 Å². The minimum absolute atomic E-state index is 1.11. The highest BCUT2D eigenvalue weighted by atomic mass is 13.9. The fourth-order valence-electron chi connectivity index (χ4n) is 1.49. The molecule has 0 saturated carbocycles. The van der Waals surface area contributed by atoms with Gasteiger partial charge in [0.15, 0.2) is 0 Å². The maximum atomic E-state index is 3.70. The van der Waals surface area contributed by atoms with Crippen LogP contribution < -0.4 is 0 Å². The Kier molecular flexibility index (Phi) is 12.5. The Hall–Kier alpha value is -0.780. The third-order valence-corrected chi connectivity index (χ3v) is 2.43. The lowest BCUT2D eigenvalue weighted by atomic mass is 10.1. The van der Waals surface area contributed by atoms with Crippen molar-refractivity contribution in [3.8, 4) is 0 Å². The molecule has 0 aromatic heterocycles. The predicted octanol–water partition coefficient (Wildman–Crippen LogP) is 5.43. The maximum absolute atomic E-state index is 3.70. The molecule has 0 aromatic rings. The lowest BCUT2D eigenvalue weighted by Gasteiger charge is -1.96. The van der Waals surface area contributed by atoms with Crippen LogP contribution in [0.4, 0.5) is 0 Å². The third-order valence-electron chi connectivity index (χ3n) is 2.43. The quantitative estimate of drug-likeness (QED) is 0.330. The van der Waals surface area contributed by atoms with Crippen LogP contribution in [0.15, 0.2) is 37.0 Å². The highest BCUT2D eigenvalue weighted by molar-refractivity contribution is 4.84. The topological polar surface area (TPSA) is 0 Å². The van der Waals surface area contributed by atoms with Crippen molar-refractivity contribution >= 4 is 0 Å². The Morgan fingerprint density at radius 1 is 0.733 bits per heavy atom. The van der Waals surface area contributed by atoms with Crippen molar-refractivity contribution in [1.82, 2.24) is 0 Å². The summed E-state index contributed by atoms with van der Waals surface area (Å²) in [6.07, 6.45) is 21.2. The minimum Gasteiger partial charge on any atom is -0.103 e. The zero-order valence-corrected chi connectivity index (χ0v) is 10.3. The van der Waals surface area contributed by atoms with Crippen molar-refractivity contribution < 1.29 is 0 Å². The molecule has 0 N–H and O–H groups in total. The molecule has 15 heavy (non-hydrogen) atoms. The van der Waals surface area contributed by atoms with Crippen LogP contribution in [0, 0.1) is 0 Å². The molecule has 0 bridgehead atoms. The molecule has 0 aliphatic carbocycles. The second-order valence-electron chi connectivity index (χ2n) is 3.90. The van der Waals surface area contributed by atoms with E-state index in [1.54, 1.807) is 0 Å². The van der Waals surface area contributed by atoms with Gasteiger partial charge in [-0.25, -0.2) is 0 Å². The van der Waals surface area contributed by atoms with E-state index >= 15 is 0 Å². The molecule has 0 saturated heterocycles. The number of unbranched alkanes of at least 4 members (excludes halogenated alkanes) is 6. The standard InChI is InChI=1S/C15H26/c1-3-5-7-9-11-13-15-14-12-10-8-6-4-2/h3-4,6,9,11H,1,5,7-8,10,12-15H2,2H3. The molecular weight excluding hydrogens is 180 g/mol. The summed E-state index contributed by atoms with van der Waals surface area (Å²) < 4.78 is 0. The van der Waals surface area contributed by atoms with E-state index in [4.69, 9.17) is 0 Å². The highest BCUT2D eigenvalue weighted by Gasteiger charge is 1.86. The van der Waals surface area contributed by atoms with Crippen molar-refractivity contribution in [3.05, 3.63) is 37.0 Å². The second kappa shape index (κ2) is 13.2. The van der Waals surface area contributed by atoms with E-state index in [0.29, 0.717) is 0 Å². The summed E-state index contributed by atoms with van der Waals surface area (Å²) in [4.78, 5) is 0. The first kappa shape index (κ1) is 14.2. The number of allylic oxidation sites excluding steroid dienone is 5. The molecule has 0 amide bonds. The SMILES string of the molecule is C=CCCC=CCCCCCCC=CC. The fraction of sp³-hybridized carbons (Fsp3) is 0.600. The Morgan fingerprint density at radius 2 is 1.33 bits per heavy atom. The average Bonchev–Trinajstić information content (AvgIpc) is 2.26. The predicted molar refractivity (Wildman–Crippen MR) is 71.1 cm³/mol. The summed E-state index contributed by atoms with van der Waals surface area (Å²) in [6, 6.07) is 0. The van der Waals surface area contributed by atoms with Gasteiger partial charge in [-0.05, 0) is 45.4 Å². The minimum atomic E-state index is 1.11. The molecule has 0 heterocycles. The highest BCUT2D eigenvalue weighted by Crippen LogP contribution is 2.06. The van der Waals surface area contributed by atoms with Gasteiger partial charge in [-0.1, -0.05) is 43.2 Å².